The van der Waals surface area contributed by atoms with Crippen molar-refractivity contribution in [3.63, 3.8) is 0 Å². The number of pyridine rings is 1. The molecule has 1 amide bonds. The minimum absolute atomic E-state index is 0.0478. The van der Waals surface area contributed by atoms with Crippen LogP contribution in [0.1, 0.15) is 27.6 Å². The normalized spacial score (nSPS) is 10.3. The molecule has 0 aliphatic carbocycles. The maximum Gasteiger partial charge on any atom is 0.338 e. The Labute approximate surface area is 158 Å². The second-order valence-corrected chi connectivity index (χ2v) is 5.56. The number of hydrogen-bond acceptors (Lipinski definition) is 7. The van der Waals surface area contributed by atoms with Gasteiger partial charge in [0.2, 0.25) is 0 Å². The molecule has 1 N–H and O–H groups in total. The fourth-order valence-corrected chi connectivity index (χ4v) is 2.38. The molecule has 0 unspecified atom stereocenters. The van der Waals surface area contributed by atoms with Crippen molar-refractivity contribution < 1.29 is 19.2 Å². The van der Waals surface area contributed by atoms with Gasteiger partial charge in [-0.1, -0.05) is 0 Å². The van der Waals surface area contributed by atoms with Crippen molar-refractivity contribution in [2.75, 3.05) is 11.9 Å². The van der Waals surface area contributed by atoms with Gasteiger partial charge in [0.25, 0.3) is 11.6 Å². The van der Waals surface area contributed by atoms with Crippen molar-refractivity contribution >= 4 is 23.3 Å². The summed E-state index contributed by atoms with van der Waals surface area (Å²) in [7, 11) is 0. The van der Waals surface area contributed by atoms with Crippen molar-refractivity contribution in [1.82, 2.24) is 14.8 Å². The van der Waals surface area contributed by atoms with Crippen molar-refractivity contribution in [3.8, 4) is 5.82 Å². The average molecular weight is 381 g/mol. The molecular formula is C18H15N5O5. The van der Waals surface area contributed by atoms with Gasteiger partial charge in [-0.05, 0) is 31.2 Å². The summed E-state index contributed by atoms with van der Waals surface area (Å²) in [5, 5.41) is 17.8. The van der Waals surface area contributed by atoms with Crippen LogP contribution in [0.3, 0.4) is 0 Å². The van der Waals surface area contributed by atoms with Gasteiger partial charge in [0.1, 0.15) is 0 Å². The molecule has 0 atom stereocenters. The first-order valence-electron chi connectivity index (χ1n) is 8.22. The number of aromatic nitrogens is 3. The van der Waals surface area contributed by atoms with Crippen molar-refractivity contribution in [3.05, 3.63) is 76.2 Å². The zero-order chi connectivity index (χ0) is 20.1. The predicted molar refractivity (Wildman–Crippen MR) is 98.4 cm³/mol. The molecule has 0 aliphatic heterocycles. The average Bonchev–Trinajstić information content (AvgIpc) is 3.23. The number of nitrogens with zero attached hydrogens (tertiary/aromatic N) is 4. The number of amides is 1. The van der Waals surface area contributed by atoms with Crippen molar-refractivity contribution in [1.29, 1.82) is 0 Å². The van der Waals surface area contributed by atoms with Gasteiger partial charge in [0.15, 0.2) is 5.82 Å². The number of ether oxygens (including phenoxy) is 1. The number of carbonyl (C=O) groups is 2. The number of nitro benzene ring substituents is 1. The Kier molecular flexibility index (Phi) is 5.40. The fraction of sp³-hybridized carbons (Fsp3) is 0.111. The van der Waals surface area contributed by atoms with Gasteiger partial charge in [-0.3, -0.25) is 14.9 Å². The molecule has 1 aromatic carbocycles. The Morgan fingerprint density at radius 2 is 2.04 bits per heavy atom. The van der Waals surface area contributed by atoms with E-state index in [0.29, 0.717) is 11.5 Å². The third-order valence-corrected chi connectivity index (χ3v) is 3.65. The van der Waals surface area contributed by atoms with E-state index in [0.717, 1.165) is 12.1 Å². The summed E-state index contributed by atoms with van der Waals surface area (Å²) in [6.07, 6.45) is 4.76. The lowest BCUT2D eigenvalue weighted by atomic mass is 10.1. The first-order chi connectivity index (χ1) is 13.5. The van der Waals surface area contributed by atoms with Gasteiger partial charge in [-0.2, -0.15) is 5.10 Å². The molecule has 0 saturated heterocycles. The number of nitrogens with one attached hydrogen (secondary N) is 1. The monoisotopic (exact) mass is 381 g/mol. The molecule has 10 nitrogen and oxygen atoms in total. The molecule has 2 heterocycles. The van der Waals surface area contributed by atoms with Crippen LogP contribution in [0.25, 0.3) is 5.82 Å². The van der Waals surface area contributed by atoms with E-state index in [4.69, 9.17) is 4.74 Å². The second-order valence-electron chi connectivity index (χ2n) is 5.56. The topological polar surface area (TPSA) is 129 Å². The first-order valence-corrected chi connectivity index (χ1v) is 8.22. The number of anilines is 1. The molecule has 3 aromatic rings. The van der Waals surface area contributed by atoms with E-state index in [9.17, 15) is 19.7 Å². The molecule has 0 radical (unpaired) electrons. The summed E-state index contributed by atoms with van der Waals surface area (Å²) in [5.74, 6) is -0.809. The van der Waals surface area contributed by atoms with Crippen LogP contribution in [0.15, 0.2) is 55.0 Å². The van der Waals surface area contributed by atoms with Gasteiger partial charge in [0, 0.05) is 30.1 Å². The minimum atomic E-state index is -0.745. The number of nitro groups is 1. The van der Waals surface area contributed by atoms with Gasteiger partial charge in [-0.25, -0.2) is 14.5 Å². The Bertz CT molecular complexity index is 1020. The SMILES string of the molecule is CCOC(=O)c1cc(C(=O)Nc2ccc(-n3cccn3)nc2)cc([N+](=O)[O-])c1. The van der Waals surface area contributed by atoms with Crippen LogP contribution in [-0.2, 0) is 4.74 Å². The standard InChI is InChI=1S/C18H15N5O5/c1-2-28-18(25)13-8-12(9-15(10-13)23(26)27)17(24)21-14-4-5-16(19-11-14)22-7-3-6-20-22/h3-11H,2H2,1H3,(H,21,24). The van der Waals surface area contributed by atoms with E-state index in [-0.39, 0.29) is 23.4 Å². The van der Waals surface area contributed by atoms with Gasteiger partial charge < -0.3 is 10.1 Å². The third kappa shape index (κ3) is 4.18. The summed E-state index contributed by atoms with van der Waals surface area (Å²) in [6.45, 7) is 1.72. The second kappa shape index (κ2) is 8.08. The van der Waals surface area contributed by atoms with Gasteiger partial charge >= 0.3 is 5.97 Å². The zero-order valence-electron chi connectivity index (χ0n) is 14.7. The molecule has 3 rings (SSSR count). The number of esters is 1. The number of hydrogen-bond donors (Lipinski definition) is 1. The van der Waals surface area contributed by atoms with Crippen LogP contribution in [0.2, 0.25) is 0 Å². The number of non-ortho nitro benzene ring substituents is 1. The third-order valence-electron chi connectivity index (χ3n) is 3.65. The highest BCUT2D eigenvalue weighted by molar-refractivity contribution is 6.06. The van der Waals surface area contributed by atoms with Crippen molar-refractivity contribution in [2.45, 2.75) is 6.92 Å². The van der Waals surface area contributed by atoms with Crippen molar-refractivity contribution in [2.24, 2.45) is 0 Å². The highest BCUT2D eigenvalue weighted by Gasteiger charge is 2.19. The molecule has 0 fully saturated rings. The van der Waals surface area contributed by atoms with Gasteiger partial charge in [0.05, 0.1) is 29.0 Å². The molecule has 10 heteroatoms. The highest BCUT2D eigenvalue weighted by atomic mass is 16.6. The molecule has 2 aromatic heterocycles. The lowest BCUT2D eigenvalue weighted by Crippen LogP contribution is -2.14. The van der Waals surface area contributed by atoms with E-state index >= 15 is 0 Å². The van der Waals surface area contributed by atoms with E-state index in [1.807, 2.05) is 0 Å². The lowest BCUT2D eigenvalue weighted by molar-refractivity contribution is -0.384. The van der Waals surface area contributed by atoms with Crippen LogP contribution in [0, 0.1) is 10.1 Å². The Morgan fingerprint density at radius 1 is 1.25 bits per heavy atom. The molecule has 142 valence electrons. The maximum atomic E-state index is 12.5. The molecule has 0 aliphatic rings. The Hall–Kier alpha value is -4.08. The summed E-state index contributed by atoms with van der Waals surface area (Å²) in [4.78, 5) is 39.0. The fourth-order valence-electron chi connectivity index (χ4n) is 2.38. The summed E-state index contributed by atoms with van der Waals surface area (Å²) in [5.41, 5.74) is -0.130. The van der Waals surface area contributed by atoms with E-state index in [1.54, 1.807) is 42.2 Å². The lowest BCUT2D eigenvalue weighted by Gasteiger charge is -2.08. The van der Waals surface area contributed by atoms with Crippen LogP contribution in [0.5, 0.6) is 0 Å². The first kappa shape index (κ1) is 18.7. The maximum absolute atomic E-state index is 12.5. The van der Waals surface area contributed by atoms with E-state index in [1.165, 1.54) is 12.3 Å². The summed E-state index contributed by atoms with van der Waals surface area (Å²) in [6, 6.07) is 8.41. The highest BCUT2D eigenvalue weighted by Crippen LogP contribution is 2.20. The van der Waals surface area contributed by atoms with E-state index in [2.05, 4.69) is 15.4 Å². The van der Waals surface area contributed by atoms with Crippen LogP contribution in [0.4, 0.5) is 11.4 Å². The van der Waals surface area contributed by atoms with E-state index < -0.39 is 16.8 Å². The van der Waals surface area contributed by atoms with Gasteiger partial charge in [-0.15, -0.1) is 0 Å². The smallest absolute Gasteiger partial charge is 0.338 e. The molecule has 28 heavy (non-hydrogen) atoms. The molecular weight excluding hydrogens is 366 g/mol. The van der Waals surface area contributed by atoms with Crippen LogP contribution in [-0.4, -0.2) is 38.2 Å². The molecule has 0 bridgehead atoms. The Balaban J connectivity index is 1.83. The number of benzene rings is 1. The Morgan fingerprint density at radius 3 is 2.64 bits per heavy atom. The number of rotatable bonds is 6. The summed E-state index contributed by atoms with van der Waals surface area (Å²) < 4.78 is 6.41. The molecule has 0 spiro atoms. The predicted octanol–water partition coefficient (Wildman–Crippen LogP) is 2.60. The van der Waals surface area contributed by atoms with Crippen LogP contribution < -0.4 is 5.32 Å². The van der Waals surface area contributed by atoms with Crippen LogP contribution >= 0.6 is 0 Å². The quantitative estimate of drug-likeness (QED) is 0.395. The summed E-state index contributed by atoms with van der Waals surface area (Å²) >= 11 is 0. The largest absolute Gasteiger partial charge is 0.462 e. The minimum Gasteiger partial charge on any atom is -0.462 e. The number of carbonyl (C=O) groups excluding carboxylic acids is 2. The molecule has 0 saturated carbocycles. The zero-order valence-corrected chi connectivity index (χ0v) is 14.7.